The lowest BCUT2D eigenvalue weighted by molar-refractivity contribution is 0.0952. The summed E-state index contributed by atoms with van der Waals surface area (Å²) in [5, 5.41) is 5.27. The molecule has 0 fully saturated rings. The number of carbonyl (C=O) groups excluding carboxylic acids is 1. The van der Waals surface area contributed by atoms with E-state index in [0.717, 1.165) is 16.2 Å². The quantitative estimate of drug-likeness (QED) is 0.460. The zero-order valence-corrected chi connectivity index (χ0v) is 11.8. The van der Waals surface area contributed by atoms with Gasteiger partial charge in [0.05, 0.1) is 0 Å². The van der Waals surface area contributed by atoms with E-state index in [1.54, 1.807) is 12.1 Å². The van der Waals surface area contributed by atoms with Gasteiger partial charge in [-0.2, -0.15) is 0 Å². The van der Waals surface area contributed by atoms with Crippen molar-refractivity contribution in [3.05, 3.63) is 58.4 Å². The minimum Gasteiger partial charge on any atom is -0.422 e. The lowest BCUT2D eigenvalue weighted by atomic mass is 10.0. The van der Waals surface area contributed by atoms with Crippen LogP contribution in [0.15, 0.2) is 51.7 Å². The van der Waals surface area contributed by atoms with E-state index in [4.69, 9.17) is 16.0 Å². The molecule has 0 spiro atoms. The molecule has 0 atom stereocenters. The highest BCUT2D eigenvalue weighted by atomic mass is 35.5. The molecule has 1 N–H and O–H groups in total. The Morgan fingerprint density at radius 2 is 1.95 bits per heavy atom. The monoisotopic (exact) mass is 301 g/mol. The van der Waals surface area contributed by atoms with E-state index in [9.17, 15) is 9.59 Å². The van der Waals surface area contributed by atoms with Crippen molar-refractivity contribution in [3.8, 4) is 0 Å². The minimum absolute atomic E-state index is 0.0102. The second kappa shape index (κ2) is 5.58. The van der Waals surface area contributed by atoms with Gasteiger partial charge in [0, 0.05) is 17.8 Å². The lowest BCUT2D eigenvalue weighted by Crippen LogP contribution is -2.29. The molecule has 0 radical (unpaired) electrons. The molecule has 0 aliphatic carbocycles. The van der Waals surface area contributed by atoms with Crippen molar-refractivity contribution in [3.63, 3.8) is 0 Å². The second-order valence-corrected chi connectivity index (χ2v) is 4.97. The summed E-state index contributed by atoms with van der Waals surface area (Å²) in [6.45, 7) is 0.299. The number of alkyl halides is 1. The first-order valence-electron chi connectivity index (χ1n) is 6.50. The van der Waals surface area contributed by atoms with Crippen LogP contribution in [0.3, 0.4) is 0 Å². The van der Waals surface area contributed by atoms with E-state index in [1.165, 1.54) is 0 Å². The molecule has 0 bridgehead atoms. The largest absolute Gasteiger partial charge is 0.422 e. The second-order valence-electron chi connectivity index (χ2n) is 4.59. The Labute approximate surface area is 125 Å². The molecule has 106 valence electrons. The summed E-state index contributed by atoms with van der Waals surface area (Å²) in [6, 6.07) is 12.9. The Balaban J connectivity index is 2.23. The van der Waals surface area contributed by atoms with E-state index in [-0.39, 0.29) is 11.4 Å². The fourth-order valence-corrected chi connectivity index (χ4v) is 2.38. The average molecular weight is 302 g/mol. The molecular formula is C16H12ClNO3. The van der Waals surface area contributed by atoms with Gasteiger partial charge in [-0.05, 0) is 22.9 Å². The number of fused-ring (bicyclic) bond motifs is 3. The minimum atomic E-state index is -0.648. The number of carbonyl (C=O) groups is 1. The van der Waals surface area contributed by atoms with Crippen molar-refractivity contribution < 1.29 is 9.21 Å². The molecule has 3 rings (SSSR count). The van der Waals surface area contributed by atoms with Crippen LogP contribution in [0.1, 0.15) is 10.4 Å². The fraction of sp³-hybridized carbons (Fsp3) is 0.125. The molecule has 0 saturated heterocycles. The van der Waals surface area contributed by atoms with Crippen LogP contribution in [0.4, 0.5) is 0 Å². The Bertz CT molecular complexity index is 885. The summed E-state index contributed by atoms with van der Waals surface area (Å²) < 4.78 is 5.25. The molecule has 0 aliphatic heterocycles. The van der Waals surface area contributed by atoms with E-state index in [2.05, 4.69) is 5.32 Å². The van der Waals surface area contributed by atoms with E-state index in [0.29, 0.717) is 12.1 Å². The molecular weight excluding hydrogens is 290 g/mol. The van der Waals surface area contributed by atoms with Crippen LogP contribution in [0, 0.1) is 0 Å². The third-order valence-corrected chi connectivity index (χ3v) is 3.46. The van der Waals surface area contributed by atoms with Crippen molar-refractivity contribution in [1.29, 1.82) is 0 Å². The summed E-state index contributed by atoms with van der Waals surface area (Å²) in [7, 11) is 0. The highest BCUT2D eigenvalue weighted by Crippen LogP contribution is 2.24. The van der Waals surface area contributed by atoms with Crippen LogP contribution in [0.25, 0.3) is 21.7 Å². The van der Waals surface area contributed by atoms with E-state index < -0.39 is 11.5 Å². The van der Waals surface area contributed by atoms with Gasteiger partial charge in [0.1, 0.15) is 11.1 Å². The maximum atomic E-state index is 12.0. The SMILES string of the molecule is O=C(NCCCl)c1cc2c(ccc3ccccc32)oc1=O. The fourth-order valence-electron chi connectivity index (χ4n) is 2.29. The smallest absolute Gasteiger partial charge is 0.349 e. The van der Waals surface area contributed by atoms with E-state index >= 15 is 0 Å². The Hall–Kier alpha value is -2.33. The van der Waals surface area contributed by atoms with Crippen LogP contribution in [0.5, 0.6) is 0 Å². The molecule has 3 aromatic rings. The number of amides is 1. The van der Waals surface area contributed by atoms with Crippen LogP contribution in [0.2, 0.25) is 0 Å². The molecule has 5 heteroatoms. The maximum Gasteiger partial charge on any atom is 0.349 e. The maximum absolute atomic E-state index is 12.0. The first-order valence-corrected chi connectivity index (χ1v) is 7.04. The predicted molar refractivity (Wildman–Crippen MR) is 83.0 cm³/mol. The normalized spacial score (nSPS) is 10.9. The van der Waals surface area contributed by atoms with Gasteiger partial charge in [0.15, 0.2) is 0 Å². The Morgan fingerprint density at radius 1 is 1.14 bits per heavy atom. The summed E-state index contributed by atoms with van der Waals surface area (Å²) in [5.74, 6) is -0.188. The summed E-state index contributed by atoms with van der Waals surface area (Å²) in [6.07, 6.45) is 0. The van der Waals surface area contributed by atoms with Crippen molar-refractivity contribution in [2.75, 3.05) is 12.4 Å². The summed E-state index contributed by atoms with van der Waals surface area (Å²) >= 11 is 5.53. The third-order valence-electron chi connectivity index (χ3n) is 3.27. The number of halogens is 1. The van der Waals surface area contributed by atoms with Gasteiger partial charge in [0.25, 0.3) is 5.91 Å². The molecule has 2 aromatic carbocycles. The molecule has 1 heterocycles. The molecule has 1 aromatic heterocycles. The zero-order chi connectivity index (χ0) is 14.8. The van der Waals surface area contributed by atoms with Gasteiger partial charge in [-0.25, -0.2) is 4.79 Å². The average Bonchev–Trinajstić information content (AvgIpc) is 2.51. The third kappa shape index (κ3) is 2.50. The first kappa shape index (κ1) is 13.6. The van der Waals surface area contributed by atoms with Gasteiger partial charge in [-0.1, -0.05) is 30.3 Å². The van der Waals surface area contributed by atoms with Crippen LogP contribution >= 0.6 is 11.6 Å². The Kier molecular flexibility index (Phi) is 3.62. The zero-order valence-electron chi connectivity index (χ0n) is 11.1. The van der Waals surface area contributed by atoms with Crippen LogP contribution in [-0.4, -0.2) is 18.3 Å². The molecule has 0 unspecified atom stereocenters. The number of rotatable bonds is 3. The van der Waals surface area contributed by atoms with Gasteiger partial charge in [-0.3, -0.25) is 4.79 Å². The van der Waals surface area contributed by atoms with Crippen molar-refractivity contribution in [2.45, 2.75) is 0 Å². The van der Waals surface area contributed by atoms with Gasteiger partial charge >= 0.3 is 5.63 Å². The number of hydrogen-bond donors (Lipinski definition) is 1. The highest BCUT2D eigenvalue weighted by molar-refractivity contribution is 6.18. The molecule has 4 nitrogen and oxygen atoms in total. The molecule has 1 amide bonds. The molecule has 21 heavy (non-hydrogen) atoms. The van der Waals surface area contributed by atoms with Gasteiger partial charge in [0.2, 0.25) is 0 Å². The molecule has 0 aliphatic rings. The number of nitrogens with one attached hydrogen (secondary N) is 1. The lowest BCUT2D eigenvalue weighted by Gasteiger charge is -2.05. The first-order chi connectivity index (χ1) is 10.2. The number of hydrogen-bond acceptors (Lipinski definition) is 3. The Morgan fingerprint density at radius 3 is 2.76 bits per heavy atom. The topological polar surface area (TPSA) is 59.3 Å². The predicted octanol–water partition coefficient (Wildman–Crippen LogP) is 2.91. The van der Waals surface area contributed by atoms with E-state index in [1.807, 2.05) is 30.3 Å². The van der Waals surface area contributed by atoms with Crippen LogP contribution in [-0.2, 0) is 0 Å². The van der Waals surface area contributed by atoms with Gasteiger partial charge in [-0.15, -0.1) is 11.6 Å². The van der Waals surface area contributed by atoms with Crippen molar-refractivity contribution in [2.24, 2.45) is 0 Å². The number of benzene rings is 2. The van der Waals surface area contributed by atoms with Crippen molar-refractivity contribution >= 4 is 39.2 Å². The standard InChI is InChI=1S/C16H12ClNO3/c17-7-8-18-15(19)13-9-12-11-4-2-1-3-10(11)5-6-14(12)21-16(13)20/h1-6,9H,7-8H2,(H,18,19). The van der Waals surface area contributed by atoms with Gasteiger partial charge < -0.3 is 9.73 Å². The van der Waals surface area contributed by atoms with Crippen LogP contribution < -0.4 is 10.9 Å². The highest BCUT2D eigenvalue weighted by Gasteiger charge is 2.14. The van der Waals surface area contributed by atoms with Crippen molar-refractivity contribution in [1.82, 2.24) is 5.32 Å². The summed E-state index contributed by atoms with van der Waals surface area (Å²) in [5.41, 5.74) is -0.193. The summed E-state index contributed by atoms with van der Waals surface area (Å²) in [4.78, 5) is 23.9. The molecule has 0 saturated carbocycles.